The second-order valence-electron chi connectivity index (χ2n) is 4.41. The van der Waals surface area contributed by atoms with Gasteiger partial charge in [0.2, 0.25) is 0 Å². The Bertz CT molecular complexity index is 538. The largest absolute Gasteiger partial charge is 0.381 e. The Morgan fingerprint density at radius 1 is 1.25 bits per heavy atom. The Labute approximate surface area is 93.9 Å². The fraction of sp³-hybridized carbons (Fsp3) is 0.333. The number of rotatable bonds is 2. The minimum atomic E-state index is 0.484. The van der Waals surface area contributed by atoms with E-state index in [1.807, 2.05) is 24.3 Å². The van der Waals surface area contributed by atoms with Crippen molar-refractivity contribution >= 4 is 22.7 Å². The predicted molar refractivity (Wildman–Crippen MR) is 65.1 cm³/mol. The van der Waals surface area contributed by atoms with Crippen LogP contribution in [0.2, 0.25) is 0 Å². The van der Waals surface area contributed by atoms with E-state index >= 15 is 0 Å². The van der Waals surface area contributed by atoms with Gasteiger partial charge in [0.25, 0.3) is 0 Å². The maximum Gasteiger partial charge on any atom is 0.169 e. The zero-order chi connectivity index (χ0) is 11.1. The molecule has 1 aliphatic carbocycles. The molecule has 2 atom stereocenters. The number of hydrogen-bond donors (Lipinski definition) is 2. The average Bonchev–Trinajstić information content (AvgIpc) is 2.95. The lowest BCUT2D eigenvalue weighted by Gasteiger charge is -2.07. The molecule has 0 aliphatic heterocycles. The van der Waals surface area contributed by atoms with E-state index in [-0.39, 0.29) is 0 Å². The lowest BCUT2D eigenvalue weighted by Crippen LogP contribution is -2.09. The third kappa shape index (κ3) is 1.56. The first-order chi connectivity index (χ1) is 7.74. The number of nitrogens with zero attached hydrogens (tertiary/aromatic N) is 2. The van der Waals surface area contributed by atoms with Crippen molar-refractivity contribution in [2.75, 3.05) is 11.1 Å². The number of nitrogens with one attached hydrogen (secondary N) is 1. The number of hydrogen-bond acceptors (Lipinski definition) is 4. The standard InChI is InChI=1S/C12H14N4/c1-7-6-10(7)16-12-11(13)14-8-4-2-3-5-9(8)15-12/h2-5,7,10H,6H2,1H3,(H2,13,14)(H,15,16). The van der Waals surface area contributed by atoms with E-state index < -0.39 is 0 Å². The highest BCUT2D eigenvalue weighted by Crippen LogP contribution is 2.33. The van der Waals surface area contributed by atoms with Gasteiger partial charge in [0.1, 0.15) is 0 Å². The molecule has 0 saturated heterocycles. The van der Waals surface area contributed by atoms with Gasteiger partial charge in [0, 0.05) is 6.04 Å². The van der Waals surface area contributed by atoms with Crippen LogP contribution < -0.4 is 11.1 Å². The maximum atomic E-state index is 5.87. The molecule has 0 amide bonds. The van der Waals surface area contributed by atoms with Crippen LogP contribution in [0, 0.1) is 5.92 Å². The second kappa shape index (κ2) is 3.33. The van der Waals surface area contributed by atoms with Crippen molar-refractivity contribution in [2.24, 2.45) is 5.92 Å². The topological polar surface area (TPSA) is 63.8 Å². The van der Waals surface area contributed by atoms with Crippen LogP contribution in [0.1, 0.15) is 13.3 Å². The van der Waals surface area contributed by atoms with Crippen molar-refractivity contribution in [3.63, 3.8) is 0 Å². The highest BCUT2D eigenvalue weighted by molar-refractivity contribution is 5.79. The van der Waals surface area contributed by atoms with E-state index in [9.17, 15) is 0 Å². The summed E-state index contributed by atoms with van der Waals surface area (Å²) in [7, 11) is 0. The summed E-state index contributed by atoms with van der Waals surface area (Å²) in [5, 5.41) is 3.33. The molecule has 2 aromatic rings. The average molecular weight is 214 g/mol. The van der Waals surface area contributed by atoms with Crippen molar-refractivity contribution < 1.29 is 0 Å². The quantitative estimate of drug-likeness (QED) is 0.802. The van der Waals surface area contributed by atoms with Crippen LogP contribution in [-0.2, 0) is 0 Å². The molecule has 4 nitrogen and oxygen atoms in total. The lowest BCUT2D eigenvalue weighted by atomic mass is 10.3. The number of benzene rings is 1. The summed E-state index contributed by atoms with van der Waals surface area (Å²) >= 11 is 0. The van der Waals surface area contributed by atoms with Crippen molar-refractivity contribution in [3.05, 3.63) is 24.3 Å². The highest BCUT2D eigenvalue weighted by atomic mass is 15.1. The van der Waals surface area contributed by atoms with Crippen molar-refractivity contribution in [2.45, 2.75) is 19.4 Å². The predicted octanol–water partition coefficient (Wildman–Crippen LogP) is 2.03. The minimum absolute atomic E-state index is 0.484. The summed E-state index contributed by atoms with van der Waals surface area (Å²) < 4.78 is 0. The highest BCUT2D eigenvalue weighted by Gasteiger charge is 2.33. The Kier molecular flexibility index (Phi) is 1.96. The molecule has 1 aromatic heterocycles. The summed E-state index contributed by atoms with van der Waals surface area (Å²) in [6.07, 6.45) is 1.19. The molecule has 1 saturated carbocycles. The molecule has 82 valence electrons. The Morgan fingerprint density at radius 2 is 1.88 bits per heavy atom. The fourth-order valence-electron chi connectivity index (χ4n) is 1.82. The van der Waals surface area contributed by atoms with E-state index in [0.717, 1.165) is 11.0 Å². The maximum absolute atomic E-state index is 5.87. The number of anilines is 2. The molecule has 0 bridgehead atoms. The Morgan fingerprint density at radius 3 is 2.50 bits per heavy atom. The van der Waals surface area contributed by atoms with Crippen LogP contribution in [0.15, 0.2) is 24.3 Å². The molecule has 1 aliphatic rings. The first-order valence-corrected chi connectivity index (χ1v) is 5.53. The van der Waals surface area contributed by atoms with Crippen LogP contribution in [-0.4, -0.2) is 16.0 Å². The molecule has 1 fully saturated rings. The smallest absolute Gasteiger partial charge is 0.169 e. The third-order valence-electron chi connectivity index (χ3n) is 3.03. The van der Waals surface area contributed by atoms with Crippen molar-refractivity contribution in [1.29, 1.82) is 0 Å². The third-order valence-corrected chi connectivity index (χ3v) is 3.03. The summed E-state index contributed by atoms with van der Waals surface area (Å²) in [4.78, 5) is 8.82. The van der Waals surface area contributed by atoms with Crippen molar-refractivity contribution in [1.82, 2.24) is 9.97 Å². The molecule has 3 rings (SSSR count). The van der Waals surface area contributed by atoms with Crippen LogP contribution >= 0.6 is 0 Å². The summed E-state index contributed by atoms with van der Waals surface area (Å²) in [5.74, 6) is 1.92. The van der Waals surface area contributed by atoms with Crippen molar-refractivity contribution in [3.8, 4) is 0 Å². The fourth-order valence-corrected chi connectivity index (χ4v) is 1.82. The van der Waals surface area contributed by atoms with Gasteiger partial charge < -0.3 is 11.1 Å². The zero-order valence-corrected chi connectivity index (χ0v) is 9.14. The van der Waals surface area contributed by atoms with E-state index in [0.29, 0.717) is 23.6 Å². The van der Waals surface area contributed by atoms with Gasteiger partial charge in [-0.05, 0) is 24.5 Å². The summed E-state index contributed by atoms with van der Waals surface area (Å²) in [6, 6.07) is 8.27. The first kappa shape index (κ1) is 9.39. The molecule has 4 heteroatoms. The first-order valence-electron chi connectivity index (χ1n) is 5.53. The van der Waals surface area contributed by atoms with E-state index in [4.69, 9.17) is 5.73 Å². The second-order valence-corrected chi connectivity index (χ2v) is 4.41. The SMILES string of the molecule is CC1CC1Nc1nc2ccccc2nc1N. The van der Waals surface area contributed by atoms with Gasteiger partial charge in [-0.25, -0.2) is 9.97 Å². The van der Waals surface area contributed by atoms with Gasteiger partial charge in [0.05, 0.1) is 11.0 Å². The van der Waals surface area contributed by atoms with Crippen LogP contribution in [0.25, 0.3) is 11.0 Å². The Hall–Kier alpha value is -1.84. The molecule has 2 unspecified atom stereocenters. The van der Waals surface area contributed by atoms with Gasteiger partial charge in [0.15, 0.2) is 11.6 Å². The number of nitrogens with two attached hydrogens (primary N) is 1. The number of para-hydroxylation sites is 2. The molecule has 0 spiro atoms. The molecule has 3 N–H and O–H groups in total. The normalized spacial score (nSPS) is 23.3. The number of aromatic nitrogens is 2. The van der Waals surface area contributed by atoms with E-state index in [1.54, 1.807) is 0 Å². The molecule has 1 aromatic carbocycles. The van der Waals surface area contributed by atoms with Crippen LogP contribution in [0.5, 0.6) is 0 Å². The van der Waals surface area contributed by atoms with Gasteiger partial charge in [-0.15, -0.1) is 0 Å². The summed E-state index contributed by atoms with van der Waals surface area (Å²) in [6.45, 7) is 2.21. The monoisotopic (exact) mass is 214 g/mol. The van der Waals surface area contributed by atoms with E-state index in [2.05, 4.69) is 22.2 Å². The van der Waals surface area contributed by atoms with Gasteiger partial charge in [-0.2, -0.15) is 0 Å². The van der Waals surface area contributed by atoms with Gasteiger partial charge >= 0.3 is 0 Å². The zero-order valence-electron chi connectivity index (χ0n) is 9.14. The van der Waals surface area contributed by atoms with Crippen LogP contribution in [0.4, 0.5) is 11.6 Å². The molecule has 1 heterocycles. The molecular weight excluding hydrogens is 200 g/mol. The molecule has 0 radical (unpaired) electrons. The Balaban J connectivity index is 2.00. The van der Waals surface area contributed by atoms with Crippen LogP contribution in [0.3, 0.4) is 0 Å². The van der Waals surface area contributed by atoms with Gasteiger partial charge in [-0.3, -0.25) is 0 Å². The van der Waals surface area contributed by atoms with Gasteiger partial charge in [-0.1, -0.05) is 19.1 Å². The molecular formula is C12H14N4. The minimum Gasteiger partial charge on any atom is -0.381 e. The number of fused-ring (bicyclic) bond motifs is 1. The summed E-state index contributed by atoms with van der Waals surface area (Å²) in [5.41, 5.74) is 7.60. The number of nitrogen functional groups attached to an aromatic ring is 1. The van der Waals surface area contributed by atoms with E-state index in [1.165, 1.54) is 6.42 Å². The lowest BCUT2D eigenvalue weighted by molar-refractivity contribution is 0.924. The molecule has 16 heavy (non-hydrogen) atoms.